The molecule has 3 aromatic rings. The Bertz CT molecular complexity index is 1150. The van der Waals surface area contributed by atoms with Crippen LogP contribution in [0, 0.1) is 19.8 Å². The summed E-state index contributed by atoms with van der Waals surface area (Å²) in [6.45, 7) is 14.6. The maximum absolute atomic E-state index is 6.18. The second-order valence-corrected chi connectivity index (χ2v) is 12.0. The lowest BCUT2D eigenvalue weighted by atomic mass is 9.96. The first kappa shape index (κ1) is 27.2. The van der Waals surface area contributed by atoms with Crippen LogP contribution in [0.1, 0.15) is 75.2 Å². The van der Waals surface area contributed by atoms with Crippen molar-refractivity contribution in [2.75, 3.05) is 32.7 Å². The fourth-order valence-electron chi connectivity index (χ4n) is 6.46. The van der Waals surface area contributed by atoms with Gasteiger partial charge in [-0.2, -0.15) is 0 Å². The molecular weight excluding hydrogens is 468 g/mol. The monoisotopic (exact) mass is 516 g/mol. The van der Waals surface area contributed by atoms with E-state index in [0.717, 1.165) is 36.1 Å². The number of para-hydroxylation sites is 1. The molecule has 206 valence electrons. The van der Waals surface area contributed by atoms with E-state index in [1.165, 1.54) is 94.3 Å². The van der Waals surface area contributed by atoms with Crippen LogP contribution in [0.2, 0.25) is 0 Å². The van der Waals surface area contributed by atoms with Crippen molar-refractivity contribution < 1.29 is 4.74 Å². The predicted octanol–water partition coefficient (Wildman–Crippen LogP) is 6.99. The summed E-state index contributed by atoms with van der Waals surface area (Å²) in [5, 5.41) is 0. The van der Waals surface area contributed by atoms with Crippen LogP contribution in [0.5, 0.6) is 5.75 Å². The minimum absolute atomic E-state index is 0.496. The maximum atomic E-state index is 6.18. The van der Waals surface area contributed by atoms with E-state index in [-0.39, 0.29) is 0 Å². The molecule has 2 aromatic carbocycles. The zero-order valence-electron chi connectivity index (χ0n) is 24.0. The van der Waals surface area contributed by atoms with E-state index >= 15 is 0 Å². The van der Waals surface area contributed by atoms with Crippen LogP contribution < -0.4 is 4.74 Å². The molecular formula is C33H48N4O. The zero-order valence-corrected chi connectivity index (χ0v) is 24.0. The van der Waals surface area contributed by atoms with Gasteiger partial charge in [0.1, 0.15) is 18.2 Å². The highest BCUT2D eigenvalue weighted by atomic mass is 16.5. The number of rotatable bonds is 11. The minimum Gasteiger partial charge on any atom is -0.486 e. The van der Waals surface area contributed by atoms with Crippen molar-refractivity contribution in [3.05, 3.63) is 59.4 Å². The van der Waals surface area contributed by atoms with E-state index in [1.807, 2.05) is 0 Å². The first-order chi connectivity index (χ1) is 18.6. The van der Waals surface area contributed by atoms with Crippen molar-refractivity contribution in [1.29, 1.82) is 0 Å². The van der Waals surface area contributed by atoms with Crippen molar-refractivity contribution in [1.82, 2.24) is 19.4 Å². The van der Waals surface area contributed by atoms with Crippen molar-refractivity contribution in [3.8, 4) is 5.75 Å². The molecule has 0 radical (unpaired) electrons. The van der Waals surface area contributed by atoms with E-state index in [9.17, 15) is 0 Å². The number of imidazole rings is 1. The number of hydrogen-bond acceptors (Lipinski definition) is 4. The molecule has 2 aliphatic rings. The smallest absolute Gasteiger partial charge is 0.148 e. The number of fused-ring (bicyclic) bond motifs is 1. The lowest BCUT2D eigenvalue weighted by molar-refractivity contribution is 0.103. The van der Waals surface area contributed by atoms with Gasteiger partial charge in [-0.1, -0.05) is 49.6 Å². The van der Waals surface area contributed by atoms with E-state index < -0.39 is 0 Å². The molecule has 2 aliphatic heterocycles. The zero-order chi connectivity index (χ0) is 26.3. The molecule has 5 heteroatoms. The van der Waals surface area contributed by atoms with Gasteiger partial charge in [-0.05, 0) is 108 Å². The van der Waals surface area contributed by atoms with Gasteiger partial charge in [0.15, 0.2) is 0 Å². The fraction of sp³-hybridized carbons (Fsp3) is 0.606. The Labute approximate surface area is 230 Å². The quantitative estimate of drug-likeness (QED) is 0.275. The average Bonchev–Trinajstić information content (AvgIpc) is 3.30. The lowest BCUT2D eigenvalue weighted by Gasteiger charge is -2.39. The van der Waals surface area contributed by atoms with Gasteiger partial charge in [-0.25, -0.2) is 4.98 Å². The molecule has 2 fully saturated rings. The molecule has 2 saturated heterocycles. The summed E-state index contributed by atoms with van der Waals surface area (Å²) in [6, 6.07) is 15.6. The van der Waals surface area contributed by atoms with Crippen molar-refractivity contribution in [3.63, 3.8) is 0 Å². The van der Waals surface area contributed by atoms with Gasteiger partial charge in [0.25, 0.3) is 0 Å². The lowest BCUT2D eigenvalue weighted by Crippen LogP contribution is -2.44. The first-order valence-electron chi connectivity index (χ1n) is 15.2. The molecule has 5 nitrogen and oxygen atoms in total. The van der Waals surface area contributed by atoms with E-state index in [4.69, 9.17) is 9.72 Å². The minimum atomic E-state index is 0.496. The Hall–Kier alpha value is -2.37. The normalized spacial score (nSPS) is 20.1. The highest BCUT2D eigenvalue weighted by Gasteiger charge is 2.25. The summed E-state index contributed by atoms with van der Waals surface area (Å²) in [6.07, 6.45) is 10.9. The number of piperidine rings is 2. The summed E-state index contributed by atoms with van der Waals surface area (Å²) >= 11 is 0. The largest absolute Gasteiger partial charge is 0.486 e. The summed E-state index contributed by atoms with van der Waals surface area (Å²) in [4.78, 5) is 10.6. The van der Waals surface area contributed by atoms with Crippen molar-refractivity contribution >= 4 is 11.0 Å². The molecule has 38 heavy (non-hydrogen) atoms. The van der Waals surface area contributed by atoms with Gasteiger partial charge in [0.2, 0.25) is 0 Å². The van der Waals surface area contributed by atoms with Gasteiger partial charge in [0.05, 0.1) is 11.0 Å². The molecule has 0 saturated carbocycles. The van der Waals surface area contributed by atoms with Crippen LogP contribution in [-0.2, 0) is 13.2 Å². The first-order valence-corrected chi connectivity index (χ1v) is 15.2. The summed E-state index contributed by atoms with van der Waals surface area (Å²) < 4.78 is 8.59. The van der Waals surface area contributed by atoms with E-state index in [2.05, 4.69) is 77.6 Å². The Kier molecular flexibility index (Phi) is 9.40. The molecule has 0 N–H and O–H groups in total. The van der Waals surface area contributed by atoms with Crippen LogP contribution in [-0.4, -0.2) is 58.1 Å². The number of likely N-dealkylation sites (tertiary alicyclic amines) is 2. The van der Waals surface area contributed by atoms with Gasteiger partial charge < -0.3 is 19.1 Å². The van der Waals surface area contributed by atoms with Gasteiger partial charge in [-0.15, -0.1) is 0 Å². The third-order valence-electron chi connectivity index (χ3n) is 8.82. The average molecular weight is 517 g/mol. The SMILES string of the molecule is Cc1ccc(OCc2nc3c(C)cccc3n2CCC(C)CN2CCCC[C@@H]2CCN2CCCCC2)cc1. The van der Waals surface area contributed by atoms with Crippen LogP contribution in [0.4, 0.5) is 0 Å². The molecule has 2 atom stereocenters. The molecule has 1 unspecified atom stereocenters. The van der Waals surface area contributed by atoms with Crippen LogP contribution >= 0.6 is 0 Å². The van der Waals surface area contributed by atoms with E-state index in [1.54, 1.807) is 0 Å². The van der Waals surface area contributed by atoms with Gasteiger partial charge in [-0.3, -0.25) is 0 Å². The number of aromatic nitrogens is 2. The van der Waals surface area contributed by atoms with Crippen molar-refractivity contribution in [2.24, 2.45) is 5.92 Å². The highest BCUT2D eigenvalue weighted by molar-refractivity contribution is 5.79. The molecule has 5 rings (SSSR count). The summed E-state index contributed by atoms with van der Waals surface area (Å²) in [7, 11) is 0. The Morgan fingerprint density at radius 2 is 1.71 bits per heavy atom. The molecule has 3 heterocycles. The highest BCUT2D eigenvalue weighted by Crippen LogP contribution is 2.25. The molecule has 0 amide bonds. The molecule has 0 bridgehead atoms. The number of aryl methyl sites for hydroxylation is 3. The Morgan fingerprint density at radius 1 is 0.921 bits per heavy atom. The third kappa shape index (κ3) is 6.98. The summed E-state index contributed by atoms with van der Waals surface area (Å²) in [5.41, 5.74) is 4.82. The maximum Gasteiger partial charge on any atom is 0.148 e. The van der Waals surface area contributed by atoms with Crippen LogP contribution in [0.3, 0.4) is 0 Å². The Morgan fingerprint density at radius 3 is 2.53 bits per heavy atom. The second kappa shape index (κ2) is 13.1. The topological polar surface area (TPSA) is 33.5 Å². The van der Waals surface area contributed by atoms with Gasteiger partial charge >= 0.3 is 0 Å². The van der Waals surface area contributed by atoms with Gasteiger partial charge in [0, 0.05) is 19.1 Å². The standard InChI is InChI=1S/C33H48N4O/c1-26-13-15-30(16-14-26)38-25-32-34-33-28(3)10-9-12-31(33)37(32)23-17-27(2)24-36-21-8-5-11-29(36)18-22-35-19-6-4-7-20-35/h9-10,12-16,27,29H,4-8,11,17-25H2,1-3H3/t27?,29-/m1/s1. The number of hydrogen-bond donors (Lipinski definition) is 0. The predicted molar refractivity (Wildman–Crippen MR) is 158 cm³/mol. The molecule has 1 aromatic heterocycles. The van der Waals surface area contributed by atoms with Crippen molar-refractivity contribution in [2.45, 2.75) is 91.3 Å². The third-order valence-corrected chi connectivity index (χ3v) is 8.82. The number of benzene rings is 2. The van der Waals surface area contributed by atoms with Crippen LogP contribution in [0.25, 0.3) is 11.0 Å². The summed E-state index contributed by atoms with van der Waals surface area (Å²) in [5.74, 6) is 2.58. The Balaban J connectivity index is 1.21. The number of ether oxygens (including phenoxy) is 1. The molecule has 0 spiro atoms. The fourth-order valence-corrected chi connectivity index (χ4v) is 6.46. The number of nitrogens with zero attached hydrogens (tertiary/aromatic N) is 4. The van der Waals surface area contributed by atoms with E-state index in [0.29, 0.717) is 12.5 Å². The second-order valence-electron chi connectivity index (χ2n) is 12.0. The molecule has 0 aliphatic carbocycles. The van der Waals surface area contributed by atoms with Crippen LogP contribution in [0.15, 0.2) is 42.5 Å².